The Hall–Kier alpha value is -4.44. The molecule has 4 heteroatoms. The molecule has 47 heavy (non-hydrogen) atoms. The lowest BCUT2D eigenvalue weighted by molar-refractivity contribution is -0.177. The molecule has 0 spiro atoms. The van der Waals surface area contributed by atoms with E-state index in [1.807, 2.05) is 41.5 Å². The molecule has 4 atom stereocenters. The summed E-state index contributed by atoms with van der Waals surface area (Å²) in [4.78, 5) is 29.2. The second-order valence-electron chi connectivity index (χ2n) is 17.6. The number of benzene rings is 5. The molecule has 0 heterocycles. The van der Waals surface area contributed by atoms with E-state index in [2.05, 4.69) is 36.4 Å². The fourth-order valence-electron chi connectivity index (χ4n) is 11.9. The van der Waals surface area contributed by atoms with Crippen molar-refractivity contribution in [1.29, 1.82) is 0 Å². The van der Waals surface area contributed by atoms with Gasteiger partial charge in [-0.15, -0.1) is 0 Å². The van der Waals surface area contributed by atoms with Gasteiger partial charge in [0.05, 0.1) is 0 Å². The van der Waals surface area contributed by atoms with Crippen molar-refractivity contribution in [1.82, 2.24) is 0 Å². The van der Waals surface area contributed by atoms with Gasteiger partial charge in [0.2, 0.25) is 0 Å². The molecule has 1 fully saturated rings. The van der Waals surface area contributed by atoms with Crippen LogP contribution in [0.1, 0.15) is 109 Å². The van der Waals surface area contributed by atoms with E-state index >= 15 is 0 Å². The number of carbonyl (C=O) groups is 2. The number of esters is 2. The van der Waals surface area contributed by atoms with Crippen LogP contribution in [0.15, 0.2) is 30.4 Å². The molecule has 0 bridgehead atoms. The molecule has 0 saturated heterocycles. The first-order chi connectivity index (χ1) is 22.4. The predicted octanol–water partition coefficient (Wildman–Crippen LogP) is 9.09. The van der Waals surface area contributed by atoms with E-state index in [1.54, 1.807) is 11.1 Å². The van der Waals surface area contributed by atoms with Crippen LogP contribution < -0.4 is 0 Å². The van der Waals surface area contributed by atoms with Gasteiger partial charge in [-0.05, 0) is 164 Å². The topological polar surface area (TPSA) is 52.6 Å². The van der Waals surface area contributed by atoms with Crippen molar-refractivity contribution < 1.29 is 19.1 Å². The minimum atomic E-state index is -1.42. The number of hydrogen-bond donors (Lipinski definition) is 0. The SMILES string of the molecule is CC(C)(C)OC(=O)C1(C(=O)OC(C)(C)C)[C@@H]2c3cc4c5c6c7c8c9c%10c(cc%11c9c9c(cc(c%12c9c8c5c3-%12)[C@@H]21)C%11)C=C[C@@H](C=C6C4)[C@H]%107. The number of rotatable bonds is 2. The van der Waals surface area contributed by atoms with Gasteiger partial charge >= 0.3 is 11.9 Å². The molecule has 8 aliphatic rings. The lowest BCUT2D eigenvalue weighted by atomic mass is 9.71. The molecular weight excluding hydrogens is 580 g/mol. The number of carbonyl (C=O) groups excluding carboxylic acids is 2. The largest absolute Gasteiger partial charge is 0.459 e. The fraction of sp³-hybridized carbons (Fsp3) is 0.349. The Morgan fingerprint density at radius 1 is 0.660 bits per heavy atom. The Morgan fingerprint density at radius 3 is 1.89 bits per heavy atom. The zero-order chi connectivity index (χ0) is 31.6. The van der Waals surface area contributed by atoms with E-state index in [0.717, 1.165) is 24.0 Å². The lowest BCUT2D eigenvalue weighted by Crippen LogP contribution is -2.40. The van der Waals surface area contributed by atoms with Crippen LogP contribution in [0.3, 0.4) is 0 Å². The molecule has 4 nitrogen and oxygen atoms in total. The predicted molar refractivity (Wildman–Crippen MR) is 184 cm³/mol. The number of ether oxygens (including phenoxy) is 2. The van der Waals surface area contributed by atoms with E-state index in [9.17, 15) is 9.59 Å². The van der Waals surface area contributed by atoms with Gasteiger partial charge < -0.3 is 9.47 Å². The van der Waals surface area contributed by atoms with Crippen molar-refractivity contribution in [3.05, 3.63) is 80.4 Å². The number of allylic oxidation sites excluding steroid dienone is 3. The van der Waals surface area contributed by atoms with E-state index < -0.39 is 28.6 Å². The molecule has 0 unspecified atom stereocenters. The van der Waals surface area contributed by atoms with Gasteiger partial charge in [0.1, 0.15) is 11.2 Å². The third-order valence-electron chi connectivity index (χ3n) is 13.0. The summed E-state index contributed by atoms with van der Waals surface area (Å²) in [6.07, 6.45) is 9.20. The van der Waals surface area contributed by atoms with Gasteiger partial charge in [-0.2, -0.15) is 0 Å². The smallest absolute Gasteiger partial charge is 0.325 e. The molecule has 0 radical (unpaired) electrons. The summed E-state index contributed by atoms with van der Waals surface area (Å²) in [5, 5.41) is 11.6. The molecule has 8 aliphatic carbocycles. The highest BCUT2D eigenvalue weighted by atomic mass is 16.6. The van der Waals surface area contributed by atoms with Crippen molar-refractivity contribution in [2.45, 2.75) is 83.3 Å². The Kier molecular flexibility index (Phi) is 3.48. The van der Waals surface area contributed by atoms with Crippen molar-refractivity contribution in [3.63, 3.8) is 0 Å². The maximum atomic E-state index is 14.6. The van der Waals surface area contributed by atoms with Crippen molar-refractivity contribution in [2.75, 3.05) is 0 Å². The van der Waals surface area contributed by atoms with E-state index in [0.29, 0.717) is 11.8 Å². The summed E-state index contributed by atoms with van der Waals surface area (Å²) < 4.78 is 12.4. The zero-order valence-electron chi connectivity index (χ0n) is 27.3. The molecule has 228 valence electrons. The molecule has 1 saturated carbocycles. The van der Waals surface area contributed by atoms with Crippen LogP contribution in [0.25, 0.3) is 65.9 Å². The van der Waals surface area contributed by atoms with Crippen LogP contribution in [-0.4, -0.2) is 23.1 Å². The molecule has 0 aromatic heterocycles. The summed E-state index contributed by atoms with van der Waals surface area (Å²) in [5.74, 6) is -0.755. The summed E-state index contributed by atoms with van der Waals surface area (Å²) in [5.41, 5.74) is 13.6. The summed E-state index contributed by atoms with van der Waals surface area (Å²) in [6, 6.07) is 7.25. The Morgan fingerprint density at radius 2 is 1.23 bits per heavy atom. The van der Waals surface area contributed by atoms with Crippen LogP contribution in [-0.2, 0) is 31.9 Å². The monoisotopic (exact) mass is 612 g/mol. The minimum Gasteiger partial charge on any atom is -0.459 e. The zero-order valence-corrected chi connectivity index (χ0v) is 27.3. The van der Waals surface area contributed by atoms with E-state index in [1.165, 1.54) is 87.6 Å². The second-order valence-corrected chi connectivity index (χ2v) is 17.6. The molecule has 0 N–H and O–H groups in total. The van der Waals surface area contributed by atoms with Crippen molar-refractivity contribution in [3.8, 4) is 11.1 Å². The molecule has 5 aromatic rings. The maximum absolute atomic E-state index is 14.6. The van der Waals surface area contributed by atoms with Crippen LogP contribution >= 0.6 is 0 Å². The average Bonchev–Trinajstić information content (AvgIpc) is 3.27. The highest BCUT2D eigenvalue weighted by Gasteiger charge is 2.80. The first-order valence-corrected chi connectivity index (χ1v) is 17.3. The van der Waals surface area contributed by atoms with Gasteiger partial charge in [0.15, 0.2) is 5.41 Å². The minimum absolute atomic E-state index is 0.316. The molecule has 0 amide bonds. The van der Waals surface area contributed by atoms with Crippen LogP contribution in [0.4, 0.5) is 0 Å². The van der Waals surface area contributed by atoms with E-state index in [-0.39, 0.29) is 11.8 Å². The Labute approximate surface area is 271 Å². The summed E-state index contributed by atoms with van der Waals surface area (Å²) in [6.45, 7) is 11.3. The standard InChI is InChI=1S/C43H32O4/c1-41(2,3)46-39(44)43(40(45)47-42(4,5)6)37-21-13-19-11-17-9-15-7-8-16-10-18-12-20-14-22(38(37)43)30-29(21)33-27(19)25(17)31-23(15)24(16)32-26(18)28(20)34(30)36(33)35(31)32/h7-10,13-15,23,37-38H,11-12H2,1-6H3/t15-,23+,37+,38-/m0/s1. The van der Waals surface area contributed by atoms with Crippen LogP contribution in [0, 0.1) is 11.3 Å². The summed E-state index contributed by atoms with van der Waals surface area (Å²) >= 11 is 0. The highest BCUT2D eigenvalue weighted by Crippen LogP contribution is 2.79. The third-order valence-corrected chi connectivity index (χ3v) is 13.0. The number of fused-ring (bicyclic) bond motifs is 3. The third kappa shape index (κ3) is 2.29. The molecule has 0 aliphatic heterocycles. The maximum Gasteiger partial charge on any atom is 0.325 e. The van der Waals surface area contributed by atoms with E-state index in [4.69, 9.17) is 9.47 Å². The Balaban J connectivity index is 1.23. The Bertz CT molecular complexity index is 2670. The fourth-order valence-corrected chi connectivity index (χ4v) is 11.9. The molecule has 13 rings (SSSR count). The summed E-state index contributed by atoms with van der Waals surface area (Å²) in [7, 11) is 0. The van der Waals surface area contributed by atoms with Gasteiger partial charge in [0.25, 0.3) is 0 Å². The van der Waals surface area contributed by atoms with Gasteiger partial charge in [0, 0.05) is 23.7 Å². The lowest BCUT2D eigenvalue weighted by Gasteiger charge is -2.31. The van der Waals surface area contributed by atoms with Crippen molar-refractivity contribution in [2.24, 2.45) is 11.3 Å². The van der Waals surface area contributed by atoms with Gasteiger partial charge in [-0.1, -0.05) is 36.4 Å². The normalized spacial score (nSPS) is 25.4. The quantitative estimate of drug-likeness (QED) is 0.111. The van der Waals surface area contributed by atoms with Crippen LogP contribution in [0.5, 0.6) is 0 Å². The molecule has 5 aromatic carbocycles. The average molecular weight is 613 g/mol. The highest BCUT2D eigenvalue weighted by molar-refractivity contribution is 6.45. The van der Waals surface area contributed by atoms with Gasteiger partial charge in [-0.3, -0.25) is 9.59 Å². The van der Waals surface area contributed by atoms with Crippen LogP contribution in [0.2, 0.25) is 0 Å². The molecular formula is C43H32O4. The van der Waals surface area contributed by atoms with Crippen molar-refractivity contribution >= 4 is 66.7 Å². The first kappa shape index (κ1) is 24.7. The first-order valence-electron chi connectivity index (χ1n) is 17.3. The second kappa shape index (κ2) is 6.63. The number of hydrogen-bond acceptors (Lipinski definition) is 4. The van der Waals surface area contributed by atoms with Gasteiger partial charge in [-0.25, -0.2) is 0 Å².